The SMILES string of the molecule is CCOc1ccc(/C=C/C(=O)NCCCCCCO)cc1. The molecule has 2 N–H and O–H groups in total. The first kappa shape index (κ1) is 17.2. The largest absolute Gasteiger partial charge is 0.494 e. The summed E-state index contributed by atoms with van der Waals surface area (Å²) < 4.78 is 5.36. The molecule has 0 unspecified atom stereocenters. The maximum absolute atomic E-state index is 11.6. The monoisotopic (exact) mass is 291 g/mol. The first-order valence-electron chi connectivity index (χ1n) is 7.56. The molecule has 0 aliphatic heterocycles. The molecule has 0 spiro atoms. The quantitative estimate of drug-likeness (QED) is 0.515. The molecule has 0 atom stereocenters. The van der Waals surface area contributed by atoms with Crippen molar-refractivity contribution in [2.45, 2.75) is 32.6 Å². The molecule has 4 heteroatoms. The summed E-state index contributed by atoms with van der Waals surface area (Å²) >= 11 is 0. The van der Waals surface area contributed by atoms with Gasteiger partial charge in [-0.05, 0) is 43.5 Å². The molecule has 0 saturated heterocycles. The fraction of sp³-hybridized carbons (Fsp3) is 0.471. The molecule has 4 nitrogen and oxygen atoms in total. The summed E-state index contributed by atoms with van der Waals surface area (Å²) in [5.74, 6) is 0.757. The molecular weight excluding hydrogens is 266 g/mol. The maximum atomic E-state index is 11.6. The van der Waals surface area contributed by atoms with E-state index in [0.717, 1.165) is 37.0 Å². The van der Waals surface area contributed by atoms with Crippen LogP contribution in [0.5, 0.6) is 5.75 Å². The molecule has 21 heavy (non-hydrogen) atoms. The van der Waals surface area contributed by atoms with Crippen molar-refractivity contribution in [1.82, 2.24) is 5.32 Å². The van der Waals surface area contributed by atoms with Crippen LogP contribution >= 0.6 is 0 Å². The molecule has 0 radical (unpaired) electrons. The van der Waals surface area contributed by atoms with E-state index in [1.165, 1.54) is 0 Å². The van der Waals surface area contributed by atoms with E-state index in [9.17, 15) is 4.79 Å². The molecular formula is C17H25NO3. The van der Waals surface area contributed by atoms with Gasteiger partial charge in [0, 0.05) is 19.2 Å². The van der Waals surface area contributed by atoms with E-state index < -0.39 is 0 Å². The number of aliphatic hydroxyl groups excluding tert-OH is 1. The normalized spacial score (nSPS) is 10.8. The number of carbonyl (C=O) groups is 1. The van der Waals surface area contributed by atoms with E-state index in [2.05, 4.69) is 5.32 Å². The zero-order chi connectivity index (χ0) is 15.3. The minimum atomic E-state index is -0.0777. The van der Waals surface area contributed by atoms with Gasteiger partial charge >= 0.3 is 0 Å². The number of hydrogen-bond donors (Lipinski definition) is 2. The number of unbranched alkanes of at least 4 members (excludes halogenated alkanes) is 3. The molecule has 0 heterocycles. The van der Waals surface area contributed by atoms with E-state index in [1.54, 1.807) is 12.2 Å². The Hall–Kier alpha value is -1.81. The number of rotatable bonds is 10. The second-order valence-corrected chi connectivity index (χ2v) is 4.76. The van der Waals surface area contributed by atoms with E-state index in [4.69, 9.17) is 9.84 Å². The first-order valence-corrected chi connectivity index (χ1v) is 7.56. The average Bonchev–Trinajstić information content (AvgIpc) is 2.50. The molecule has 0 fully saturated rings. The summed E-state index contributed by atoms with van der Waals surface area (Å²) in [5, 5.41) is 11.5. The van der Waals surface area contributed by atoms with Crippen molar-refractivity contribution in [1.29, 1.82) is 0 Å². The van der Waals surface area contributed by atoms with Crippen LogP contribution in [0.25, 0.3) is 6.08 Å². The van der Waals surface area contributed by atoms with Crippen LogP contribution in [-0.4, -0.2) is 30.8 Å². The Labute approximate surface area is 126 Å². The van der Waals surface area contributed by atoms with Crippen LogP contribution in [0.15, 0.2) is 30.3 Å². The third-order valence-electron chi connectivity index (χ3n) is 3.00. The number of hydrogen-bond acceptors (Lipinski definition) is 3. The standard InChI is InChI=1S/C17H25NO3/c1-2-21-16-10-7-15(8-11-16)9-12-17(20)18-13-5-3-4-6-14-19/h7-12,19H,2-6,13-14H2,1H3,(H,18,20)/b12-9+. The Kier molecular flexibility index (Phi) is 8.96. The van der Waals surface area contributed by atoms with Crippen molar-refractivity contribution < 1.29 is 14.6 Å². The number of nitrogens with one attached hydrogen (secondary N) is 1. The average molecular weight is 291 g/mol. The second-order valence-electron chi connectivity index (χ2n) is 4.76. The predicted molar refractivity (Wildman–Crippen MR) is 85.2 cm³/mol. The Balaban J connectivity index is 2.23. The summed E-state index contributed by atoms with van der Waals surface area (Å²) in [7, 11) is 0. The lowest BCUT2D eigenvalue weighted by molar-refractivity contribution is -0.116. The number of benzene rings is 1. The van der Waals surface area contributed by atoms with E-state index in [1.807, 2.05) is 31.2 Å². The van der Waals surface area contributed by atoms with Crippen LogP contribution in [0.3, 0.4) is 0 Å². The van der Waals surface area contributed by atoms with Crippen molar-refractivity contribution >= 4 is 12.0 Å². The van der Waals surface area contributed by atoms with Gasteiger partial charge < -0.3 is 15.2 Å². The highest BCUT2D eigenvalue weighted by Crippen LogP contribution is 2.12. The first-order chi connectivity index (χ1) is 10.3. The molecule has 0 bridgehead atoms. The van der Waals surface area contributed by atoms with Gasteiger partial charge in [0.1, 0.15) is 5.75 Å². The van der Waals surface area contributed by atoms with Crippen molar-refractivity contribution in [3.8, 4) is 5.75 Å². The van der Waals surface area contributed by atoms with Crippen LogP contribution < -0.4 is 10.1 Å². The lowest BCUT2D eigenvalue weighted by Gasteiger charge is -2.03. The second kappa shape index (κ2) is 10.9. The topological polar surface area (TPSA) is 58.6 Å². The molecule has 116 valence electrons. The summed E-state index contributed by atoms with van der Waals surface area (Å²) in [5.41, 5.74) is 0.969. The van der Waals surface area contributed by atoms with Gasteiger partial charge in [-0.1, -0.05) is 25.0 Å². The van der Waals surface area contributed by atoms with Crippen LogP contribution in [0.4, 0.5) is 0 Å². The van der Waals surface area contributed by atoms with Gasteiger partial charge in [-0.2, -0.15) is 0 Å². The Morgan fingerprint density at radius 2 is 1.90 bits per heavy atom. The third kappa shape index (κ3) is 8.15. The van der Waals surface area contributed by atoms with Crippen molar-refractivity contribution in [2.75, 3.05) is 19.8 Å². The minimum Gasteiger partial charge on any atom is -0.494 e. The Morgan fingerprint density at radius 1 is 1.19 bits per heavy atom. The molecule has 0 aliphatic carbocycles. The molecule has 1 aromatic rings. The number of ether oxygens (including phenoxy) is 1. The molecule has 0 aromatic heterocycles. The van der Waals surface area contributed by atoms with Gasteiger partial charge in [0.05, 0.1) is 6.61 Å². The van der Waals surface area contributed by atoms with E-state index in [0.29, 0.717) is 13.2 Å². The van der Waals surface area contributed by atoms with Crippen molar-refractivity contribution in [3.63, 3.8) is 0 Å². The maximum Gasteiger partial charge on any atom is 0.243 e. The smallest absolute Gasteiger partial charge is 0.243 e. The van der Waals surface area contributed by atoms with E-state index >= 15 is 0 Å². The summed E-state index contributed by atoms with van der Waals surface area (Å²) in [4.78, 5) is 11.6. The van der Waals surface area contributed by atoms with Gasteiger partial charge in [-0.3, -0.25) is 4.79 Å². The highest BCUT2D eigenvalue weighted by Gasteiger charge is 1.96. The van der Waals surface area contributed by atoms with Crippen LogP contribution in [-0.2, 0) is 4.79 Å². The minimum absolute atomic E-state index is 0.0777. The molecule has 1 amide bonds. The molecule has 1 aromatic carbocycles. The summed E-state index contributed by atoms with van der Waals surface area (Å²) in [6.07, 6.45) is 7.16. The zero-order valence-corrected chi connectivity index (χ0v) is 12.7. The van der Waals surface area contributed by atoms with Crippen LogP contribution in [0, 0.1) is 0 Å². The zero-order valence-electron chi connectivity index (χ0n) is 12.7. The lowest BCUT2D eigenvalue weighted by Crippen LogP contribution is -2.21. The fourth-order valence-corrected chi connectivity index (χ4v) is 1.87. The summed E-state index contributed by atoms with van der Waals surface area (Å²) in [6.45, 7) is 3.52. The predicted octanol–water partition coefficient (Wildman–Crippen LogP) is 2.77. The van der Waals surface area contributed by atoms with Gasteiger partial charge in [0.2, 0.25) is 5.91 Å². The number of aliphatic hydroxyl groups is 1. The summed E-state index contributed by atoms with van der Waals surface area (Å²) in [6, 6.07) is 7.62. The van der Waals surface area contributed by atoms with Gasteiger partial charge in [-0.25, -0.2) is 0 Å². The number of amides is 1. The van der Waals surface area contributed by atoms with Gasteiger partial charge in [-0.15, -0.1) is 0 Å². The van der Waals surface area contributed by atoms with Crippen molar-refractivity contribution in [3.05, 3.63) is 35.9 Å². The molecule has 1 rings (SSSR count). The highest BCUT2D eigenvalue weighted by atomic mass is 16.5. The highest BCUT2D eigenvalue weighted by molar-refractivity contribution is 5.91. The van der Waals surface area contributed by atoms with Crippen LogP contribution in [0.2, 0.25) is 0 Å². The Bertz CT molecular complexity index is 426. The van der Waals surface area contributed by atoms with Gasteiger partial charge in [0.15, 0.2) is 0 Å². The van der Waals surface area contributed by atoms with E-state index in [-0.39, 0.29) is 12.5 Å². The molecule has 0 saturated carbocycles. The number of carbonyl (C=O) groups excluding carboxylic acids is 1. The van der Waals surface area contributed by atoms with Gasteiger partial charge in [0.25, 0.3) is 0 Å². The van der Waals surface area contributed by atoms with Crippen LogP contribution in [0.1, 0.15) is 38.2 Å². The molecule has 0 aliphatic rings. The Morgan fingerprint density at radius 3 is 2.57 bits per heavy atom. The van der Waals surface area contributed by atoms with Crippen molar-refractivity contribution in [2.24, 2.45) is 0 Å². The lowest BCUT2D eigenvalue weighted by atomic mass is 10.2. The third-order valence-corrected chi connectivity index (χ3v) is 3.00. The fourth-order valence-electron chi connectivity index (χ4n) is 1.87.